The van der Waals surface area contributed by atoms with Crippen LogP contribution in [0.1, 0.15) is 67.6 Å². The Bertz CT molecular complexity index is 587. The number of halogens is 2. The molecule has 2 unspecified atom stereocenters. The van der Waals surface area contributed by atoms with Crippen LogP contribution in [0.4, 0.5) is 8.78 Å². The molecule has 4 heteroatoms. The molecule has 2 aliphatic carbocycles. The fraction of sp³-hybridized carbons (Fsp3) is 0.632. The highest BCUT2D eigenvalue weighted by Gasteiger charge is 2.47. The number of rotatable bonds is 4. The van der Waals surface area contributed by atoms with Crippen LogP contribution in [0.5, 0.6) is 0 Å². The largest absolute Gasteiger partial charge is 0.466 e. The maximum absolute atomic E-state index is 13.4. The van der Waals surface area contributed by atoms with Gasteiger partial charge in [0.25, 0.3) is 0 Å². The summed E-state index contributed by atoms with van der Waals surface area (Å²) in [7, 11) is 0. The summed E-state index contributed by atoms with van der Waals surface area (Å²) < 4.78 is 32.0. The molecule has 0 saturated heterocycles. The molecule has 2 saturated carbocycles. The van der Waals surface area contributed by atoms with Crippen LogP contribution in [-0.2, 0) is 9.53 Å². The minimum Gasteiger partial charge on any atom is -0.466 e. The van der Waals surface area contributed by atoms with E-state index in [0.717, 1.165) is 12.0 Å². The number of hydrogen-bond donors (Lipinski definition) is 0. The molecule has 3 rings (SSSR count). The molecule has 2 aliphatic rings. The Labute approximate surface area is 136 Å². The Morgan fingerprint density at radius 3 is 2.65 bits per heavy atom. The van der Waals surface area contributed by atoms with E-state index in [1.807, 2.05) is 13.0 Å². The lowest BCUT2D eigenvalue weighted by Crippen LogP contribution is -2.24. The van der Waals surface area contributed by atoms with E-state index in [0.29, 0.717) is 19.4 Å². The Balaban J connectivity index is 1.81. The zero-order chi connectivity index (χ0) is 16.6. The third-order valence-corrected chi connectivity index (χ3v) is 5.27. The third-order valence-electron chi connectivity index (χ3n) is 5.27. The predicted molar refractivity (Wildman–Crippen MR) is 84.8 cm³/mol. The van der Waals surface area contributed by atoms with Crippen molar-refractivity contribution < 1.29 is 18.3 Å². The van der Waals surface area contributed by atoms with E-state index in [1.54, 1.807) is 0 Å². The van der Waals surface area contributed by atoms with Gasteiger partial charge in [-0.1, -0.05) is 18.2 Å². The number of carbonyl (C=O) groups excluding carboxylic acids is 1. The van der Waals surface area contributed by atoms with E-state index < -0.39 is 5.92 Å². The van der Waals surface area contributed by atoms with Crippen molar-refractivity contribution in [2.45, 2.75) is 63.7 Å². The molecule has 0 aliphatic heterocycles. The molecule has 0 heterocycles. The van der Waals surface area contributed by atoms with Crippen molar-refractivity contribution in [3.05, 3.63) is 34.9 Å². The number of ether oxygens (including phenoxy) is 1. The number of hydrogen-bond acceptors (Lipinski definition) is 2. The summed E-state index contributed by atoms with van der Waals surface area (Å²) >= 11 is 0. The van der Waals surface area contributed by atoms with Crippen LogP contribution in [0.2, 0.25) is 0 Å². The van der Waals surface area contributed by atoms with E-state index >= 15 is 0 Å². The summed E-state index contributed by atoms with van der Waals surface area (Å²) in [5.41, 5.74) is 3.55. The fourth-order valence-electron chi connectivity index (χ4n) is 3.94. The van der Waals surface area contributed by atoms with Crippen molar-refractivity contribution in [3.63, 3.8) is 0 Å². The van der Waals surface area contributed by atoms with Crippen LogP contribution in [-0.4, -0.2) is 18.5 Å². The van der Waals surface area contributed by atoms with Crippen LogP contribution < -0.4 is 0 Å². The zero-order valence-corrected chi connectivity index (χ0v) is 13.8. The van der Waals surface area contributed by atoms with Gasteiger partial charge >= 0.3 is 5.97 Å². The monoisotopic (exact) mass is 322 g/mol. The molecule has 0 N–H and O–H groups in total. The second-order valence-electron chi connectivity index (χ2n) is 6.91. The SMILES string of the molecule is CCOC(=O)C1CC1c1c(C)cccc1C1CCC(F)(F)CC1. The maximum atomic E-state index is 13.4. The van der Waals surface area contributed by atoms with Crippen molar-refractivity contribution in [1.82, 2.24) is 0 Å². The van der Waals surface area contributed by atoms with Gasteiger partial charge in [-0.3, -0.25) is 4.79 Å². The second kappa shape index (κ2) is 6.21. The average Bonchev–Trinajstić information content (AvgIpc) is 3.27. The van der Waals surface area contributed by atoms with Gasteiger partial charge in [0.2, 0.25) is 5.92 Å². The minimum absolute atomic E-state index is 0.0307. The molecule has 0 amide bonds. The predicted octanol–water partition coefficient (Wildman–Crippen LogP) is 4.95. The van der Waals surface area contributed by atoms with Crippen LogP contribution in [0.25, 0.3) is 0 Å². The maximum Gasteiger partial charge on any atom is 0.309 e. The summed E-state index contributed by atoms with van der Waals surface area (Å²) in [6.45, 7) is 4.27. The van der Waals surface area contributed by atoms with Gasteiger partial charge in [-0.15, -0.1) is 0 Å². The first-order chi connectivity index (χ1) is 10.9. The molecule has 1 aromatic carbocycles. The van der Waals surface area contributed by atoms with Crippen molar-refractivity contribution in [1.29, 1.82) is 0 Å². The number of aryl methyl sites for hydroxylation is 1. The third kappa shape index (κ3) is 3.41. The van der Waals surface area contributed by atoms with Crippen molar-refractivity contribution >= 4 is 5.97 Å². The highest BCUT2D eigenvalue weighted by molar-refractivity contribution is 5.77. The van der Waals surface area contributed by atoms with E-state index in [1.165, 1.54) is 11.1 Å². The van der Waals surface area contributed by atoms with Gasteiger partial charge in [0, 0.05) is 12.8 Å². The lowest BCUT2D eigenvalue weighted by atomic mass is 9.78. The molecule has 0 aromatic heterocycles. The van der Waals surface area contributed by atoms with Crippen LogP contribution in [0.3, 0.4) is 0 Å². The van der Waals surface area contributed by atoms with E-state index in [2.05, 4.69) is 19.1 Å². The molecule has 2 nitrogen and oxygen atoms in total. The molecule has 23 heavy (non-hydrogen) atoms. The smallest absolute Gasteiger partial charge is 0.309 e. The highest BCUT2D eigenvalue weighted by atomic mass is 19.3. The average molecular weight is 322 g/mol. The number of alkyl halides is 2. The molecular formula is C19H24F2O2. The molecule has 2 fully saturated rings. The van der Waals surface area contributed by atoms with Crippen LogP contribution >= 0.6 is 0 Å². The molecule has 0 spiro atoms. The molecule has 2 atom stereocenters. The lowest BCUT2D eigenvalue weighted by molar-refractivity contribution is -0.144. The van der Waals surface area contributed by atoms with Crippen molar-refractivity contribution in [2.75, 3.05) is 6.61 Å². The highest BCUT2D eigenvalue weighted by Crippen LogP contribution is 2.53. The summed E-state index contributed by atoms with van der Waals surface area (Å²) in [4.78, 5) is 12.0. The quantitative estimate of drug-likeness (QED) is 0.733. The number of benzene rings is 1. The second-order valence-corrected chi connectivity index (χ2v) is 6.91. The molecule has 0 bridgehead atoms. The van der Waals surface area contributed by atoms with Gasteiger partial charge in [0.1, 0.15) is 0 Å². The number of carbonyl (C=O) groups is 1. The Hall–Kier alpha value is -1.45. The zero-order valence-electron chi connectivity index (χ0n) is 13.8. The number of esters is 1. The lowest BCUT2D eigenvalue weighted by Gasteiger charge is -2.30. The fourth-order valence-corrected chi connectivity index (χ4v) is 3.94. The summed E-state index contributed by atoms with van der Waals surface area (Å²) in [6, 6.07) is 6.12. The van der Waals surface area contributed by atoms with E-state index in [-0.39, 0.29) is 36.6 Å². The van der Waals surface area contributed by atoms with Gasteiger partial charge in [-0.2, -0.15) is 0 Å². The molecule has 126 valence electrons. The minimum atomic E-state index is -2.51. The van der Waals surface area contributed by atoms with Crippen molar-refractivity contribution in [2.24, 2.45) is 5.92 Å². The summed E-state index contributed by atoms with van der Waals surface area (Å²) in [5.74, 6) is -2.30. The van der Waals surface area contributed by atoms with Gasteiger partial charge in [0.15, 0.2) is 0 Å². The van der Waals surface area contributed by atoms with Gasteiger partial charge < -0.3 is 4.74 Å². The van der Waals surface area contributed by atoms with Crippen LogP contribution in [0, 0.1) is 12.8 Å². The molecule has 1 aromatic rings. The van der Waals surface area contributed by atoms with Crippen molar-refractivity contribution in [3.8, 4) is 0 Å². The normalized spacial score (nSPS) is 26.8. The summed E-state index contributed by atoms with van der Waals surface area (Å²) in [6.07, 6.45) is 1.81. The summed E-state index contributed by atoms with van der Waals surface area (Å²) in [5, 5.41) is 0. The van der Waals surface area contributed by atoms with Gasteiger partial charge in [0.05, 0.1) is 12.5 Å². The topological polar surface area (TPSA) is 26.3 Å². The first-order valence-electron chi connectivity index (χ1n) is 8.57. The van der Waals surface area contributed by atoms with Crippen LogP contribution in [0.15, 0.2) is 18.2 Å². The Morgan fingerprint density at radius 1 is 1.30 bits per heavy atom. The first kappa shape index (κ1) is 16.4. The van der Waals surface area contributed by atoms with E-state index in [4.69, 9.17) is 4.74 Å². The standard InChI is InChI=1S/C19H24F2O2/c1-3-23-18(22)16-11-15(16)17-12(2)5-4-6-14(17)13-7-9-19(20,21)10-8-13/h4-6,13,15-16H,3,7-11H2,1-2H3. The van der Waals surface area contributed by atoms with Gasteiger partial charge in [-0.25, -0.2) is 8.78 Å². The first-order valence-corrected chi connectivity index (χ1v) is 8.57. The van der Waals surface area contributed by atoms with Gasteiger partial charge in [-0.05, 0) is 61.6 Å². The van der Waals surface area contributed by atoms with E-state index in [9.17, 15) is 13.6 Å². The molecular weight excluding hydrogens is 298 g/mol. The Kier molecular flexibility index (Phi) is 4.43. The Morgan fingerprint density at radius 2 is 2.00 bits per heavy atom. The molecule has 0 radical (unpaired) electrons.